The summed E-state index contributed by atoms with van der Waals surface area (Å²) in [7, 11) is 0. The Balaban J connectivity index is 1.83. The van der Waals surface area contributed by atoms with Gasteiger partial charge in [-0.2, -0.15) is 5.10 Å². The van der Waals surface area contributed by atoms with Crippen LogP contribution in [-0.4, -0.2) is 38.7 Å². The van der Waals surface area contributed by atoms with Gasteiger partial charge in [-0.05, 0) is 31.5 Å². The molecule has 2 heterocycles. The van der Waals surface area contributed by atoms with Gasteiger partial charge in [-0.1, -0.05) is 24.3 Å². The van der Waals surface area contributed by atoms with Gasteiger partial charge in [0.25, 0.3) is 5.69 Å². The number of aromatic nitrogens is 3. The van der Waals surface area contributed by atoms with E-state index in [-0.39, 0.29) is 18.9 Å². The Morgan fingerprint density at radius 2 is 1.94 bits per heavy atom. The second-order valence-electron chi connectivity index (χ2n) is 6.98. The number of hydrogen-bond donors (Lipinski definition) is 0. The second kappa shape index (κ2) is 8.84. The van der Waals surface area contributed by atoms with Gasteiger partial charge in [-0.3, -0.25) is 10.1 Å². The van der Waals surface area contributed by atoms with Gasteiger partial charge in [0, 0.05) is 35.5 Å². The van der Waals surface area contributed by atoms with E-state index in [1.165, 1.54) is 18.2 Å². The van der Waals surface area contributed by atoms with Crippen molar-refractivity contribution in [3.8, 4) is 28.3 Å². The van der Waals surface area contributed by atoms with Gasteiger partial charge in [-0.15, -0.1) is 0 Å². The third-order valence-corrected chi connectivity index (χ3v) is 4.88. The van der Waals surface area contributed by atoms with E-state index in [0.29, 0.717) is 22.7 Å². The van der Waals surface area contributed by atoms with Gasteiger partial charge >= 0.3 is 5.97 Å². The van der Waals surface area contributed by atoms with E-state index in [1.54, 1.807) is 23.7 Å². The van der Waals surface area contributed by atoms with Crippen molar-refractivity contribution in [3.63, 3.8) is 0 Å². The zero-order valence-corrected chi connectivity index (χ0v) is 17.5. The number of carbonyl (C=O) groups excluding carboxylic acids is 1. The molecule has 0 fully saturated rings. The SMILES string of the molecule is CCOC(=O)COc1ccc([N+](=O)[O-])cc1-c1ccnc2cc(-c3ccccc3C)nn12. The van der Waals surface area contributed by atoms with Gasteiger partial charge in [0.15, 0.2) is 12.3 Å². The van der Waals surface area contributed by atoms with Crippen LogP contribution >= 0.6 is 0 Å². The molecule has 32 heavy (non-hydrogen) atoms. The third kappa shape index (κ3) is 4.13. The largest absolute Gasteiger partial charge is 0.481 e. The maximum atomic E-state index is 11.8. The topological polar surface area (TPSA) is 109 Å². The maximum Gasteiger partial charge on any atom is 0.344 e. The standard InChI is InChI=1S/C23H20N4O5/c1-3-31-23(28)14-32-21-9-8-16(27(29)30)12-18(21)20-10-11-24-22-13-19(25-26(20)22)17-7-5-4-6-15(17)2/h4-13H,3,14H2,1-2H3. The molecule has 0 saturated heterocycles. The van der Waals surface area contributed by atoms with Crippen LogP contribution in [-0.2, 0) is 9.53 Å². The Hall–Kier alpha value is -4.27. The molecule has 0 atom stereocenters. The molecular formula is C23H20N4O5. The van der Waals surface area contributed by atoms with Crippen molar-refractivity contribution in [2.24, 2.45) is 0 Å². The van der Waals surface area contributed by atoms with Crippen LogP contribution in [0.3, 0.4) is 0 Å². The number of ether oxygens (including phenoxy) is 2. The van der Waals surface area contributed by atoms with E-state index in [1.807, 2.05) is 37.3 Å². The highest BCUT2D eigenvalue weighted by molar-refractivity contribution is 5.75. The molecule has 0 amide bonds. The van der Waals surface area contributed by atoms with Crippen molar-refractivity contribution in [1.82, 2.24) is 14.6 Å². The van der Waals surface area contributed by atoms with Gasteiger partial charge in [0.1, 0.15) is 5.75 Å². The first-order valence-corrected chi connectivity index (χ1v) is 9.96. The number of aryl methyl sites for hydroxylation is 1. The summed E-state index contributed by atoms with van der Waals surface area (Å²) in [4.78, 5) is 27.0. The smallest absolute Gasteiger partial charge is 0.344 e. The molecule has 0 unspecified atom stereocenters. The van der Waals surface area contributed by atoms with Crippen LogP contribution in [0, 0.1) is 17.0 Å². The fraction of sp³-hybridized carbons (Fsp3) is 0.174. The molecule has 0 spiro atoms. The first-order chi connectivity index (χ1) is 15.5. The lowest BCUT2D eigenvalue weighted by molar-refractivity contribution is -0.384. The minimum absolute atomic E-state index is 0.111. The monoisotopic (exact) mass is 432 g/mol. The molecule has 0 aliphatic heterocycles. The van der Waals surface area contributed by atoms with E-state index < -0.39 is 10.9 Å². The normalized spacial score (nSPS) is 10.8. The van der Waals surface area contributed by atoms with Gasteiger partial charge in [0.05, 0.1) is 22.9 Å². The summed E-state index contributed by atoms with van der Waals surface area (Å²) in [5, 5.41) is 16.1. The highest BCUT2D eigenvalue weighted by Crippen LogP contribution is 2.34. The number of nitro benzene ring substituents is 1. The lowest BCUT2D eigenvalue weighted by Gasteiger charge is -2.12. The summed E-state index contributed by atoms with van der Waals surface area (Å²) in [6.45, 7) is 3.61. The first-order valence-electron chi connectivity index (χ1n) is 9.96. The fourth-order valence-corrected chi connectivity index (χ4v) is 3.39. The molecule has 9 nitrogen and oxygen atoms in total. The van der Waals surface area contributed by atoms with Gasteiger partial charge < -0.3 is 9.47 Å². The number of carbonyl (C=O) groups is 1. The Bertz CT molecular complexity index is 1310. The van der Waals surface area contributed by atoms with E-state index >= 15 is 0 Å². The lowest BCUT2D eigenvalue weighted by Crippen LogP contribution is -2.15. The zero-order valence-electron chi connectivity index (χ0n) is 17.5. The number of nitrogens with zero attached hydrogens (tertiary/aromatic N) is 4. The molecule has 0 bridgehead atoms. The predicted molar refractivity (Wildman–Crippen MR) is 117 cm³/mol. The van der Waals surface area contributed by atoms with Gasteiger partial charge in [-0.25, -0.2) is 14.3 Å². The highest BCUT2D eigenvalue weighted by Gasteiger charge is 2.19. The minimum atomic E-state index is -0.530. The second-order valence-corrected chi connectivity index (χ2v) is 6.98. The van der Waals surface area contributed by atoms with Crippen molar-refractivity contribution in [2.45, 2.75) is 13.8 Å². The Labute approximate surface area is 183 Å². The van der Waals surface area contributed by atoms with Crippen LogP contribution in [0.25, 0.3) is 28.2 Å². The molecule has 0 aliphatic carbocycles. The average molecular weight is 432 g/mol. The van der Waals surface area contributed by atoms with Crippen LogP contribution < -0.4 is 4.74 Å². The summed E-state index contributed by atoms with van der Waals surface area (Å²) in [5.41, 5.74) is 4.16. The molecule has 0 N–H and O–H groups in total. The number of rotatable bonds is 7. The molecule has 9 heteroatoms. The molecule has 2 aromatic carbocycles. The quantitative estimate of drug-likeness (QED) is 0.244. The Morgan fingerprint density at radius 3 is 2.69 bits per heavy atom. The molecule has 0 radical (unpaired) electrons. The highest BCUT2D eigenvalue weighted by atomic mass is 16.6. The van der Waals surface area contributed by atoms with Gasteiger partial charge in [0.2, 0.25) is 0 Å². The minimum Gasteiger partial charge on any atom is -0.481 e. The first kappa shape index (κ1) is 21.0. The van der Waals surface area contributed by atoms with Crippen LogP contribution in [0.2, 0.25) is 0 Å². The summed E-state index contributed by atoms with van der Waals surface area (Å²) >= 11 is 0. The number of esters is 1. The van der Waals surface area contributed by atoms with Crippen molar-refractivity contribution < 1.29 is 19.2 Å². The number of hydrogen-bond acceptors (Lipinski definition) is 7. The molecule has 2 aromatic heterocycles. The number of nitro groups is 1. The predicted octanol–water partition coefficient (Wildman–Crippen LogP) is 4.22. The third-order valence-electron chi connectivity index (χ3n) is 4.88. The molecule has 0 saturated carbocycles. The summed E-state index contributed by atoms with van der Waals surface area (Å²) in [6, 6.07) is 15.6. The number of non-ortho nitro benzene ring substituents is 1. The van der Waals surface area contributed by atoms with E-state index in [9.17, 15) is 14.9 Å². The van der Waals surface area contributed by atoms with Crippen LogP contribution in [0.4, 0.5) is 5.69 Å². The number of benzene rings is 2. The summed E-state index contributed by atoms with van der Waals surface area (Å²) < 4.78 is 12.2. The van der Waals surface area contributed by atoms with Crippen molar-refractivity contribution in [1.29, 1.82) is 0 Å². The van der Waals surface area contributed by atoms with E-state index in [0.717, 1.165) is 16.8 Å². The molecular weight excluding hydrogens is 412 g/mol. The summed E-state index contributed by atoms with van der Waals surface area (Å²) in [5.74, 6) is -0.235. The lowest BCUT2D eigenvalue weighted by atomic mass is 10.1. The van der Waals surface area contributed by atoms with Crippen LogP contribution in [0.5, 0.6) is 5.75 Å². The molecule has 4 rings (SSSR count). The number of fused-ring (bicyclic) bond motifs is 1. The van der Waals surface area contributed by atoms with Crippen molar-refractivity contribution in [3.05, 3.63) is 76.5 Å². The van der Waals surface area contributed by atoms with Crippen molar-refractivity contribution in [2.75, 3.05) is 13.2 Å². The molecule has 4 aromatic rings. The molecule has 0 aliphatic rings. The average Bonchev–Trinajstić information content (AvgIpc) is 3.22. The maximum absolute atomic E-state index is 11.8. The van der Waals surface area contributed by atoms with Crippen molar-refractivity contribution >= 4 is 17.3 Å². The Morgan fingerprint density at radius 1 is 1.12 bits per heavy atom. The van der Waals surface area contributed by atoms with Crippen LogP contribution in [0.15, 0.2) is 60.8 Å². The molecule has 162 valence electrons. The summed E-state index contributed by atoms with van der Waals surface area (Å²) in [6.07, 6.45) is 1.60. The zero-order chi connectivity index (χ0) is 22.7. The Kier molecular flexibility index (Phi) is 5.80. The van der Waals surface area contributed by atoms with E-state index in [4.69, 9.17) is 14.6 Å². The van der Waals surface area contributed by atoms with Crippen LogP contribution in [0.1, 0.15) is 12.5 Å². The fourth-order valence-electron chi connectivity index (χ4n) is 3.39. The van der Waals surface area contributed by atoms with E-state index in [2.05, 4.69) is 4.98 Å².